The molecule has 0 saturated carbocycles. The van der Waals surface area contributed by atoms with Crippen LogP contribution in [0.4, 0.5) is 0 Å². The summed E-state index contributed by atoms with van der Waals surface area (Å²) in [6, 6.07) is 2.07. The fourth-order valence-electron chi connectivity index (χ4n) is 1.88. The van der Waals surface area contributed by atoms with E-state index < -0.39 is 0 Å². The molecule has 0 fully saturated rings. The van der Waals surface area contributed by atoms with Crippen LogP contribution in [0.1, 0.15) is 18.1 Å². The van der Waals surface area contributed by atoms with Crippen LogP contribution in [0.5, 0.6) is 0 Å². The molecule has 0 N–H and O–H groups in total. The van der Waals surface area contributed by atoms with Crippen LogP contribution in [0, 0.1) is 6.92 Å². The van der Waals surface area contributed by atoms with Gasteiger partial charge < -0.3 is 0 Å². The van der Waals surface area contributed by atoms with Crippen LogP contribution >= 0.6 is 0 Å². The van der Waals surface area contributed by atoms with Crippen molar-refractivity contribution < 1.29 is 0 Å². The van der Waals surface area contributed by atoms with Gasteiger partial charge in [-0.2, -0.15) is 5.10 Å². The smallest absolute Gasteiger partial charge is 0.0726 e. The van der Waals surface area contributed by atoms with Crippen LogP contribution in [-0.2, 0) is 13.5 Å². The zero-order chi connectivity index (χ0) is 10.8. The molecule has 3 heteroatoms. The lowest BCUT2D eigenvalue weighted by Crippen LogP contribution is -1.98. The van der Waals surface area contributed by atoms with Gasteiger partial charge in [-0.15, -0.1) is 0 Å². The van der Waals surface area contributed by atoms with E-state index in [-0.39, 0.29) is 0 Å². The van der Waals surface area contributed by atoms with Crippen molar-refractivity contribution in [3.63, 3.8) is 0 Å². The molecule has 15 heavy (non-hydrogen) atoms. The molecule has 0 spiro atoms. The number of hydrogen-bond acceptors (Lipinski definition) is 2. The van der Waals surface area contributed by atoms with Gasteiger partial charge in [-0.25, -0.2) is 0 Å². The van der Waals surface area contributed by atoms with Crippen LogP contribution in [0.15, 0.2) is 24.7 Å². The average Bonchev–Trinajstić information content (AvgIpc) is 2.59. The van der Waals surface area contributed by atoms with Gasteiger partial charge >= 0.3 is 0 Å². The highest BCUT2D eigenvalue weighted by Crippen LogP contribution is 2.25. The second-order valence-electron chi connectivity index (χ2n) is 3.69. The Morgan fingerprint density at radius 1 is 1.33 bits per heavy atom. The van der Waals surface area contributed by atoms with E-state index in [4.69, 9.17) is 0 Å². The van der Waals surface area contributed by atoms with E-state index >= 15 is 0 Å². The third-order valence-corrected chi connectivity index (χ3v) is 2.67. The fraction of sp³-hybridized carbons (Fsp3) is 0.333. The Balaban J connectivity index is 2.63. The molecule has 0 aliphatic carbocycles. The van der Waals surface area contributed by atoms with Gasteiger partial charge in [-0.1, -0.05) is 6.92 Å². The van der Waals surface area contributed by atoms with Gasteiger partial charge in [0.25, 0.3) is 0 Å². The molecule has 0 aromatic carbocycles. The first-order valence-electron chi connectivity index (χ1n) is 5.16. The minimum absolute atomic E-state index is 1.02. The highest BCUT2D eigenvalue weighted by atomic mass is 15.3. The minimum Gasteiger partial charge on any atom is -0.268 e. The van der Waals surface area contributed by atoms with Gasteiger partial charge in [0, 0.05) is 25.0 Å². The summed E-state index contributed by atoms with van der Waals surface area (Å²) in [4.78, 5) is 4.19. The Morgan fingerprint density at radius 3 is 2.73 bits per heavy atom. The zero-order valence-corrected chi connectivity index (χ0v) is 9.36. The second-order valence-corrected chi connectivity index (χ2v) is 3.69. The first-order valence-corrected chi connectivity index (χ1v) is 5.16. The Hall–Kier alpha value is -1.64. The van der Waals surface area contributed by atoms with Crippen LogP contribution in [0.2, 0.25) is 0 Å². The van der Waals surface area contributed by atoms with Crippen LogP contribution < -0.4 is 0 Å². The third-order valence-electron chi connectivity index (χ3n) is 2.67. The molecular formula is C12H15N3. The molecule has 2 heterocycles. The van der Waals surface area contributed by atoms with Gasteiger partial charge in [-0.05, 0) is 30.5 Å². The molecule has 0 aliphatic rings. The molecule has 2 rings (SSSR count). The summed E-state index contributed by atoms with van der Waals surface area (Å²) in [5.41, 5.74) is 4.87. The van der Waals surface area contributed by atoms with Crippen LogP contribution in [-0.4, -0.2) is 14.8 Å². The number of nitrogens with zero attached hydrogens (tertiary/aromatic N) is 3. The van der Waals surface area contributed by atoms with Crippen molar-refractivity contribution in [2.75, 3.05) is 0 Å². The molecule has 0 bridgehead atoms. The topological polar surface area (TPSA) is 30.7 Å². The minimum atomic E-state index is 1.02. The van der Waals surface area contributed by atoms with Gasteiger partial charge in [-0.3, -0.25) is 9.67 Å². The molecule has 3 nitrogen and oxygen atoms in total. The maximum Gasteiger partial charge on any atom is 0.0726 e. The molecule has 0 saturated heterocycles. The molecule has 2 aromatic rings. The summed E-state index contributed by atoms with van der Waals surface area (Å²) >= 11 is 0. The van der Waals surface area contributed by atoms with Crippen molar-refractivity contribution in [3.05, 3.63) is 35.8 Å². The number of aryl methyl sites for hydroxylation is 3. The van der Waals surface area contributed by atoms with Gasteiger partial charge in [0.1, 0.15) is 0 Å². The van der Waals surface area contributed by atoms with E-state index in [9.17, 15) is 0 Å². The van der Waals surface area contributed by atoms with Crippen LogP contribution in [0.25, 0.3) is 11.3 Å². The van der Waals surface area contributed by atoms with Gasteiger partial charge in [0.2, 0.25) is 0 Å². The van der Waals surface area contributed by atoms with E-state index in [1.807, 2.05) is 30.3 Å². The Bertz CT molecular complexity index is 452. The lowest BCUT2D eigenvalue weighted by molar-refractivity contribution is 0.774. The molecule has 0 aliphatic heterocycles. The summed E-state index contributed by atoms with van der Waals surface area (Å²) in [6.45, 7) is 4.24. The van der Waals surface area contributed by atoms with Gasteiger partial charge in [0.15, 0.2) is 0 Å². The number of rotatable bonds is 2. The zero-order valence-electron chi connectivity index (χ0n) is 9.36. The Labute approximate surface area is 89.8 Å². The highest BCUT2D eigenvalue weighted by molar-refractivity contribution is 5.65. The Kier molecular flexibility index (Phi) is 2.54. The standard InChI is InChI=1S/C12H15N3/c1-4-10-5-6-13-8-11(10)12-9(2)7-14-15(12)3/h5-8H,4H2,1-3H3. The first-order chi connectivity index (χ1) is 7.24. The predicted octanol–water partition coefficient (Wildman–Crippen LogP) is 2.35. The predicted molar refractivity (Wildman–Crippen MR) is 60.6 cm³/mol. The SMILES string of the molecule is CCc1ccncc1-c1c(C)cnn1C. The van der Waals surface area contributed by atoms with E-state index in [1.165, 1.54) is 22.4 Å². The lowest BCUT2D eigenvalue weighted by atomic mass is 10.0. The van der Waals surface area contributed by atoms with Crippen molar-refractivity contribution in [1.82, 2.24) is 14.8 Å². The second kappa shape index (κ2) is 3.85. The number of pyridine rings is 1. The lowest BCUT2D eigenvalue weighted by Gasteiger charge is -2.08. The Morgan fingerprint density at radius 2 is 2.13 bits per heavy atom. The molecule has 0 amide bonds. The molecular weight excluding hydrogens is 186 g/mol. The van der Waals surface area contributed by atoms with Crippen molar-refractivity contribution in [2.45, 2.75) is 20.3 Å². The van der Waals surface area contributed by atoms with Crippen molar-refractivity contribution in [3.8, 4) is 11.3 Å². The average molecular weight is 201 g/mol. The first kappa shape index (κ1) is 9.90. The summed E-state index contributed by atoms with van der Waals surface area (Å²) in [6.07, 6.45) is 6.67. The summed E-state index contributed by atoms with van der Waals surface area (Å²) in [5, 5.41) is 4.26. The van der Waals surface area contributed by atoms with Crippen molar-refractivity contribution >= 4 is 0 Å². The van der Waals surface area contributed by atoms with Crippen molar-refractivity contribution in [2.24, 2.45) is 7.05 Å². The highest BCUT2D eigenvalue weighted by Gasteiger charge is 2.10. The summed E-state index contributed by atoms with van der Waals surface area (Å²) < 4.78 is 1.91. The molecule has 2 aromatic heterocycles. The van der Waals surface area contributed by atoms with E-state index in [0.717, 1.165) is 6.42 Å². The quantitative estimate of drug-likeness (QED) is 0.746. The third kappa shape index (κ3) is 1.65. The molecule has 0 radical (unpaired) electrons. The fourth-order valence-corrected chi connectivity index (χ4v) is 1.88. The van der Waals surface area contributed by atoms with E-state index in [1.54, 1.807) is 0 Å². The van der Waals surface area contributed by atoms with Crippen molar-refractivity contribution in [1.29, 1.82) is 0 Å². The maximum atomic E-state index is 4.26. The number of hydrogen-bond donors (Lipinski definition) is 0. The summed E-state index contributed by atoms with van der Waals surface area (Å²) in [5.74, 6) is 0. The molecule has 0 atom stereocenters. The van der Waals surface area contributed by atoms with E-state index in [2.05, 4.69) is 30.0 Å². The molecule has 78 valence electrons. The maximum absolute atomic E-state index is 4.26. The molecule has 0 unspecified atom stereocenters. The number of aromatic nitrogens is 3. The summed E-state index contributed by atoms with van der Waals surface area (Å²) in [7, 11) is 1.97. The monoisotopic (exact) mass is 201 g/mol. The van der Waals surface area contributed by atoms with E-state index in [0.29, 0.717) is 0 Å². The largest absolute Gasteiger partial charge is 0.268 e. The van der Waals surface area contributed by atoms with Gasteiger partial charge in [0.05, 0.1) is 11.9 Å². The normalized spacial score (nSPS) is 10.6. The van der Waals surface area contributed by atoms with Crippen LogP contribution in [0.3, 0.4) is 0 Å².